The van der Waals surface area contributed by atoms with Crippen LogP contribution >= 0.6 is 0 Å². The first kappa shape index (κ1) is 34.9. The van der Waals surface area contributed by atoms with Crippen LogP contribution in [0.5, 0.6) is 0 Å². The third kappa shape index (κ3) is 5.06. The summed E-state index contributed by atoms with van der Waals surface area (Å²) >= 11 is 0. The van der Waals surface area contributed by atoms with E-state index in [1.165, 1.54) is 43.8 Å². The van der Waals surface area contributed by atoms with Crippen LogP contribution in [0.2, 0.25) is 0 Å². The van der Waals surface area contributed by atoms with Crippen LogP contribution in [0.15, 0.2) is 209 Å². The quantitative estimate of drug-likeness (QED) is 0.163. The number of hydrogen-bond acceptors (Lipinski definition) is 3. The van der Waals surface area contributed by atoms with Gasteiger partial charge >= 0.3 is 0 Å². The van der Waals surface area contributed by atoms with Gasteiger partial charge in [0, 0.05) is 43.9 Å². The van der Waals surface area contributed by atoms with Crippen molar-refractivity contribution in [2.75, 3.05) is 4.90 Å². The SMILES string of the molecule is CC1(C)c2ccccc2-c2ccc(N(c3ccc(-c4cccc5oc6ccccc6c45)cc3)c3ccc4oc5ccccc5c4c3-c3ccc4c(ccc5ccccc54)c3)cc21. The predicted molar refractivity (Wildman–Crippen MR) is 259 cm³/mol. The van der Waals surface area contributed by atoms with Crippen LogP contribution < -0.4 is 4.90 Å². The Bertz CT molecular complexity index is 3790. The molecule has 0 radical (unpaired) electrons. The van der Waals surface area contributed by atoms with Crippen LogP contribution in [-0.2, 0) is 5.41 Å². The lowest BCUT2D eigenvalue weighted by molar-refractivity contribution is 0.660. The average Bonchev–Trinajstić information content (AvgIpc) is 3.97. The molecule has 12 aromatic rings. The third-order valence-electron chi connectivity index (χ3n) is 13.5. The van der Waals surface area contributed by atoms with Crippen molar-refractivity contribution in [2.45, 2.75) is 19.3 Å². The molecule has 0 bridgehead atoms. The fourth-order valence-corrected chi connectivity index (χ4v) is 10.5. The lowest BCUT2D eigenvalue weighted by atomic mass is 9.82. The second-order valence-corrected chi connectivity index (χ2v) is 17.2. The molecule has 10 aromatic carbocycles. The van der Waals surface area contributed by atoms with E-state index in [2.05, 4.69) is 207 Å². The van der Waals surface area contributed by atoms with E-state index in [1.54, 1.807) is 0 Å². The molecule has 3 nitrogen and oxygen atoms in total. The molecular weight excluding hydrogens is 755 g/mol. The molecule has 62 heavy (non-hydrogen) atoms. The van der Waals surface area contributed by atoms with Crippen molar-refractivity contribution in [1.29, 1.82) is 0 Å². The van der Waals surface area contributed by atoms with Gasteiger partial charge in [0.2, 0.25) is 0 Å². The zero-order chi connectivity index (χ0) is 41.1. The minimum atomic E-state index is -0.168. The maximum Gasteiger partial charge on any atom is 0.136 e. The summed E-state index contributed by atoms with van der Waals surface area (Å²) in [6.07, 6.45) is 0. The number of fused-ring (bicyclic) bond motifs is 12. The first-order valence-corrected chi connectivity index (χ1v) is 21.4. The highest BCUT2D eigenvalue weighted by Crippen LogP contribution is 2.53. The maximum atomic E-state index is 6.63. The van der Waals surface area contributed by atoms with Crippen molar-refractivity contribution in [3.63, 3.8) is 0 Å². The summed E-state index contributed by atoms with van der Waals surface area (Å²) in [7, 11) is 0. The van der Waals surface area contributed by atoms with Gasteiger partial charge in [0.15, 0.2) is 0 Å². The molecule has 0 saturated carbocycles. The largest absolute Gasteiger partial charge is 0.456 e. The summed E-state index contributed by atoms with van der Waals surface area (Å²) in [6.45, 7) is 4.71. The molecule has 2 heterocycles. The molecule has 0 fully saturated rings. The number of hydrogen-bond donors (Lipinski definition) is 0. The van der Waals surface area contributed by atoms with E-state index in [4.69, 9.17) is 8.83 Å². The molecule has 13 rings (SSSR count). The van der Waals surface area contributed by atoms with Gasteiger partial charge in [-0.15, -0.1) is 0 Å². The standard InChI is InChI=1S/C59H39NO2/c1-59(2)49-18-8-5-14-45(49)46-31-29-41(35-50(46)59)60(40-27-24-37(25-28-40)44-17-11-21-54-57(44)47-15-6-9-19-52(47)61-54)51-32-33-55-58(48-16-7-10-20-53(48)62-55)56(51)39-26-30-43-38(34-39)23-22-36-12-3-4-13-42(36)43/h3-35H,1-2H3. The Morgan fingerprint density at radius 3 is 1.79 bits per heavy atom. The highest BCUT2D eigenvalue weighted by molar-refractivity contribution is 6.18. The molecule has 0 atom stereocenters. The Morgan fingerprint density at radius 1 is 0.371 bits per heavy atom. The van der Waals surface area contributed by atoms with Crippen molar-refractivity contribution >= 4 is 82.5 Å². The van der Waals surface area contributed by atoms with Gasteiger partial charge in [-0.3, -0.25) is 0 Å². The Labute approximate surface area is 358 Å². The summed E-state index contributed by atoms with van der Waals surface area (Å²) in [5.41, 5.74) is 16.4. The molecule has 0 amide bonds. The van der Waals surface area contributed by atoms with E-state index in [1.807, 2.05) is 12.1 Å². The normalized spacial score (nSPS) is 13.1. The van der Waals surface area contributed by atoms with Crippen LogP contribution in [0.25, 0.3) is 98.8 Å². The van der Waals surface area contributed by atoms with Crippen molar-refractivity contribution in [3.05, 3.63) is 211 Å². The second kappa shape index (κ2) is 13.1. The molecule has 0 saturated heterocycles. The molecule has 0 aliphatic heterocycles. The van der Waals surface area contributed by atoms with Gasteiger partial charge in [-0.05, 0) is 121 Å². The van der Waals surface area contributed by atoms with E-state index in [9.17, 15) is 0 Å². The molecule has 1 aliphatic rings. The number of rotatable bonds is 5. The van der Waals surface area contributed by atoms with E-state index in [0.29, 0.717) is 0 Å². The lowest BCUT2D eigenvalue weighted by Gasteiger charge is -2.30. The fraction of sp³-hybridized carbons (Fsp3) is 0.0508. The van der Waals surface area contributed by atoms with E-state index in [0.717, 1.165) is 83.2 Å². The summed E-state index contributed by atoms with van der Waals surface area (Å²) in [5, 5.41) is 9.40. The molecule has 0 N–H and O–H groups in total. The molecule has 2 aromatic heterocycles. The van der Waals surface area contributed by atoms with Crippen molar-refractivity contribution in [3.8, 4) is 33.4 Å². The number of furan rings is 2. The van der Waals surface area contributed by atoms with Crippen molar-refractivity contribution in [2.24, 2.45) is 0 Å². The number of nitrogens with zero attached hydrogens (tertiary/aromatic N) is 1. The maximum absolute atomic E-state index is 6.63. The molecule has 0 spiro atoms. The van der Waals surface area contributed by atoms with Gasteiger partial charge < -0.3 is 13.7 Å². The highest BCUT2D eigenvalue weighted by atomic mass is 16.3. The van der Waals surface area contributed by atoms with Crippen molar-refractivity contribution in [1.82, 2.24) is 0 Å². The van der Waals surface area contributed by atoms with Crippen LogP contribution in [0.4, 0.5) is 17.1 Å². The summed E-state index contributed by atoms with van der Waals surface area (Å²) in [6, 6.07) is 72.6. The summed E-state index contributed by atoms with van der Waals surface area (Å²) in [4.78, 5) is 2.46. The number of anilines is 3. The van der Waals surface area contributed by atoms with Gasteiger partial charge in [0.1, 0.15) is 22.3 Å². The smallest absolute Gasteiger partial charge is 0.136 e. The van der Waals surface area contributed by atoms with E-state index < -0.39 is 0 Å². The monoisotopic (exact) mass is 793 g/mol. The van der Waals surface area contributed by atoms with Crippen LogP contribution in [-0.4, -0.2) is 0 Å². The van der Waals surface area contributed by atoms with Crippen LogP contribution in [0.1, 0.15) is 25.0 Å². The van der Waals surface area contributed by atoms with Crippen molar-refractivity contribution < 1.29 is 8.83 Å². The third-order valence-corrected chi connectivity index (χ3v) is 13.5. The molecule has 292 valence electrons. The number of para-hydroxylation sites is 2. The Morgan fingerprint density at radius 2 is 0.968 bits per heavy atom. The average molecular weight is 794 g/mol. The Kier molecular flexibility index (Phi) is 7.36. The lowest BCUT2D eigenvalue weighted by Crippen LogP contribution is -2.17. The first-order chi connectivity index (χ1) is 30.5. The minimum Gasteiger partial charge on any atom is -0.456 e. The molecule has 3 heteroatoms. The second-order valence-electron chi connectivity index (χ2n) is 17.2. The van der Waals surface area contributed by atoms with E-state index >= 15 is 0 Å². The molecule has 0 unspecified atom stereocenters. The predicted octanol–water partition coefficient (Wildman–Crippen LogP) is 16.9. The first-order valence-electron chi connectivity index (χ1n) is 21.4. The Balaban J connectivity index is 1.07. The van der Waals surface area contributed by atoms with E-state index in [-0.39, 0.29) is 5.41 Å². The van der Waals surface area contributed by atoms with Gasteiger partial charge in [-0.25, -0.2) is 0 Å². The summed E-state index contributed by atoms with van der Waals surface area (Å²) < 4.78 is 12.9. The minimum absolute atomic E-state index is 0.168. The van der Waals surface area contributed by atoms with Gasteiger partial charge in [0.25, 0.3) is 0 Å². The van der Waals surface area contributed by atoms with Gasteiger partial charge in [0.05, 0.1) is 5.69 Å². The Hall–Kier alpha value is -7.88. The zero-order valence-corrected chi connectivity index (χ0v) is 34.3. The number of benzene rings is 10. The molecular formula is C59H39NO2. The van der Waals surface area contributed by atoms with Gasteiger partial charge in [-0.2, -0.15) is 0 Å². The fourth-order valence-electron chi connectivity index (χ4n) is 10.5. The van der Waals surface area contributed by atoms with Crippen LogP contribution in [0, 0.1) is 0 Å². The topological polar surface area (TPSA) is 29.5 Å². The zero-order valence-electron chi connectivity index (χ0n) is 34.3. The highest BCUT2D eigenvalue weighted by Gasteiger charge is 2.36. The summed E-state index contributed by atoms with van der Waals surface area (Å²) in [5.74, 6) is 0. The van der Waals surface area contributed by atoms with Gasteiger partial charge in [-0.1, -0.05) is 153 Å². The van der Waals surface area contributed by atoms with Crippen LogP contribution in [0.3, 0.4) is 0 Å². The molecule has 1 aliphatic carbocycles.